The second-order valence-corrected chi connectivity index (χ2v) is 5.56. The second kappa shape index (κ2) is 4.86. The maximum Gasteiger partial charge on any atom is 0.0457 e. The Morgan fingerprint density at radius 2 is 2.00 bits per heavy atom. The van der Waals surface area contributed by atoms with Gasteiger partial charge in [0.1, 0.15) is 0 Å². The van der Waals surface area contributed by atoms with Gasteiger partial charge in [0.05, 0.1) is 0 Å². The van der Waals surface area contributed by atoms with Crippen molar-refractivity contribution in [1.82, 2.24) is 10.2 Å². The van der Waals surface area contributed by atoms with Crippen molar-refractivity contribution in [3.63, 3.8) is 0 Å². The Hall–Kier alpha value is -0.380. The zero-order valence-corrected chi connectivity index (χ0v) is 11.5. The lowest BCUT2D eigenvalue weighted by Gasteiger charge is -2.41. The molecule has 88 valence electrons. The van der Waals surface area contributed by atoms with Crippen LogP contribution in [0.5, 0.6) is 0 Å². The molecular formula is C13H19BrN2. The third-order valence-electron chi connectivity index (χ3n) is 3.70. The minimum absolute atomic E-state index is 0.163. The standard InChI is InChI=1S/C13H19BrN2/c1-15-13(6-8-16(2)9-7-13)11-4-3-5-12(14)10-11/h3-5,10,15H,6-9H2,1-2H3. The highest BCUT2D eigenvalue weighted by Gasteiger charge is 2.33. The molecule has 0 atom stereocenters. The van der Waals surface area contributed by atoms with Crippen LogP contribution in [-0.2, 0) is 5.54 Å². The van der Waals surface area contributed by atoms with Crippen molar-refractivity contribution in [2.45, 2.75) is 18.4 Å². The molecule has 1 N–H and O–H groups in total. The van der Waals surface area contributed by atoms with Gasteiger partial charge in [-0.15, -0.1) is 0 Å². The summed E-state index contributed by atoms with van der Waals surface area (Å²) < 4.78 is 1.17. The highest BCUT2D eigenvalue weighted by atomic mass is 79.9. The molecule has 1 aliphatic heterocycles. The monoisotopic (exact) mass is 282 g/mol. The van der Waals surface area contributed by atoms with Gasteiger partial charge in [0.2, 0.25) is 0 Å². The predicted octanol–water partition coefficient (Wildman–Crippen LogP) is 2.59. The van der Waals surface area contributed by atoms with E-state index in [9.17, 15) is 0 Å². The summed E-state index contributed by atoms with van der Waals surface area (Å²) in [6.45, 7) is 2.32. The molecule has 16 heavy (non-hydrogen) atoms. The van der Waals surface area contributed by atoms with E-state index in [4.69, 9.17) is 0 Å². The summed E-state index contributed by atoms with van der Waals surface area (Å²) in [5.41, 5.74) is 1.56. The van der Waals surface area contributed by atoms with E-state index < -0.39 is 0 Å². The number of nitrogens with one attached hydrogen (secondary N) is 1. The molecule has 1 heterocycles. The van der Waals surface area contributed by atoms with Crippen molar-refractivity contribution in [1.29, 1.82) is 0 Å². The minimum Gasteiger partial charge on any atom is -0.310 e. The Morgan fingerprint density at radius 3 is 2.56 bits per heavy atom. The number of halogens is 1. The van der Waals surface area contributed by atoms with Crippen LogP contribution in [0.25, 0.3) is 0 Å². The molecule has 0 spiro atoms. The molecule has 0 saturated carbocycles. The molecule has 3 heteroatoms. The molecule has 0 radical (unpaired) electrons. The van der Waals surface area contributed by atoms with Crippen LogP contribution in [0, 0.1) is 0 Å². The molecule has 1 aliphatic rings. The van der Waals surface area contributed by atoms with Crippen LogP contribution in [-0.4, -0.2) is 32.1 Å². The molecule has 1 saturated heterocycles. The van der Waals surface area contributed by atoms with Gasteiger partial charge in [-0.2, -0.15) is 0 Å². The normalized spacial score (nSPS) is 20.9. The van der Waals surface area contributed by atoms with E-state index in [-0.39, 0.29) is 5.54 Å². The predicted molar refractivity (Wildman–Crippen MR) is 71.6 cm³/mol. The first-order valence-electron chi connectivity index (χ1n) is 5.80. The molecular weight excluding hydrogens is 264 g/mol. The van der Waals surface area contributed by atoms with Crippen molar-refractivity contribution < 1.29 is 0 Å². The Labute approximate surface area is 106 Å². The third kappa shape index (κ3) is 2.31. The van der Waals surface area contributed by atoms with Crippen LogP contribution in [0.3, 0.4) is 0 Å². The topological polar surface area (TPSA) is 15.3 Å². The van der Waals surface area contributed by atoms with Crippen LogP contribution in [0.15, 0.2) is 28.7 Å². The van der Waals surface area contributed by atoms with E-state index in [0.29, 0.717) is 0 Å². The Balaban J connectivity index is 2.28. The lowest BCUT2D eigenvalue weighted by molar-refractivity contribution is 0.164. The fraction of sp³-hybridized carbons (Fsp3) is 0.538. The molecule has 1 aromatic rings. The van der Waals surface area contributed by atoms with Crippen LogP contribution in [0.2, 0.25) is 0 Å². The summed E-state index contributed by atoms with van der Waals surface area (Å²) >= 11 is 3.56. The Morgan fingerprint density at radius 1 is 1.31 bits per heavy atom. The van der Waals surface area contributed by atoms with Crippen molar-refractivity contribution in [3.8, 4) is 0 Å². The van der Waals surface area contributed by atoms with Gasteiger partial charge < -0.3 is 10.2 Å². The Bertz CT molecular complexity index is 357. The summed E-state index contributed by atoms with van der Waals surface area (Å²) in [6, 6.07) is 8.67. The summed E-state index contributed by atoms with van der Waals surface area (Å²) in [5, 5.41) is 3.53. The second-order valence-electron chi connectivity index (χ2n) is 4.65. The fourth-order valence-electron chi connectivity index (χ4n) is 2.47. The van der Waals surface area contributed by atoms with Gasteiger partial charge in [-0.3, -0.25) is 0 Å². The first-order chi connectivity index (χ1) is 7.66. The number of piperidine rings is 1. The number of hydrogen-bond donors (Lipinski definition) is 1. The summed E-state index contributed by atoms with van der Waals surface area (Å²) in [4.78, 5) is 2.40. The van der Waals surface area contributed by atoms with Crippen LogP contribution in [0.1, 0.15) is 18.4 Å². The summed E-state index contributed by atoms with van der Waals surface area (Å²) in [6.07, 6.45) is 2.35. The van der Waals surface area contributed by atoms with Gasteiger partial charge in [0.15, 0.2) is 0 Å². The van der Waals surface area contributed by atoms with Gasteiger partial charge in [0, 0.05) is 10.0 Å². The van der Waals surface area contributed by atoms with E-state index in [0.717, 1.165) is 13.1 Å². The third-order valence-corrected chi connectivity index (χ3v) is 4.19. The molecule has 0 unspecified atom stereocenters. The van der Waals surface area contributed by atoms with Crippen molar-refractivity contribution in [2.75, 3.05) is 27.2 Å². The first-order valence-corrected chi connectivity index (χ1v) is 6.59. The van der Waals surface area contributed by atoms with Gasteiger partial charge in [-0.05, 0) is 57.7 Å². The number of likely N-dealkylation sites (tertiary alicyclic amines) is 1. The van der Waals surface area contributed by atoms with Gasteiger partial charge in [0.25, 0.3) is 0 Å². The largest absolute Gasteiger partial charge is 0.310 e. The van der Waals surface area contributed by atoms with Gasteiger partial charge >= 0.3 is 0 Å². The maximum absolute atomic E-state index is 3.56. The van der Waals surface area contributed by atoms with Crippen LogP contribution >= 0.6 is 15.9 Å². The van der Waals surface area contributed by atoms with Gasteiger partial charge in [-0.25, -0.2) is 0 Å². The smallest absolute Gasteiger partial charge is 0.0457 e. The SMILES string of the molecule is CNC1(c2cccc(Br)c2)CCN(C)CC1. The lowest BCUT2D eigenvalue weighted by atomic mass is 9.81. The molecule has 2 nitrogen and oxygen atoms in total. The number of nitrogens with zero attached hydrogens (tertiary/aromatic N) is 1. The van der Waals surface area contributed by atoms with Gasteiger partial charge in [-0.1, -0.05) is 28.1 Å². The van der Waals surface area contributed by atoms with E-state index in [1.54, 1.807) is 0 Å². The average Bonchev–Trinajstić information content (AvgIpc) is 2.31. The highest BCUT2D eigenvalue weighted by molar-refractivity contribution is 9.10. The fourth-order valence-corrected chi connectivity index (χ4v) is 2.87. The molecule has 0 aliphatic carbocycles. The van der Waals surface area contributed by atoms with Crippen molar-refractivity contribution in [3.05, 3.63) is 34.3 Å². The molecule has 1 fully saturated rings. The van der Waals surface area contributed by atoms with Crippen molar-refractivity contribution in [2.24, 2.45) is 0 Å². The number of hydrogen-bond acceptors (Lipinski definition) is 2. The number of benzene rings is 1. The minimum atomic E-state index is 0.163. The summed E-state index contributed by atoms with van der Waals surface area (Å²) in [5.74, 6) is 0. The zero-order valence-electron chi connectivity index (χ0n) is 9.96. The maximum atomic E-state index is 3.56. The van der Waals surface area contributed by atoms with Crippen molar-refractivity contribution >= 4 is 15.9 Å². The molecule has 2 rings (SSSR count). The molecule has 0 aromatic heterocycles. The number of rotatable bonds is 2. The quantitative estimate of drug-likeness (QED) is 0.897. The summed E-state index contributed by atoms with van der Waals surface area (Å²) in [7, 11) is 4.27. The molecule has 0 amide bonds. The van der Waals surface area contributed by atoms with Crippen LogP contribution < -0.4 is 5.32 Å². The zero-order chi connectivity index (χ0) is 11.6. The van der Waals surface area contributed by atoms with E-state index >= 15 is 0 Å². The first kappa shape index (κ1) is 12.1. The molecule has 1 aromatic carbocycles. The van der Waals surface area contributed by atoms with Crippen LogP contribution in [0.4, 0.5) is 0 Å². The van der Waals surface area contributed by atoms with E-state index in [1.807, 2.05) is 0 Å². The Kier molecular flexibility index (Phi) is 3.67. The molecule has 0 bridgehead atoms. The lowest BCUT2D eigenvalue weighted by Crippen LogP contribution is -2.48. The van der Waals surface area contributed by atoms with E-state index in [2.05, 4.69) is 64.5 Å². The highest BCUT2D eigenvalue weighted by Crippen LogP contribution is 2.33. The van der Waals surface area contributed by atoms with E-state index in [1.165, 1.54) is 22.9 Å². The average molecular weight is 283 g/mol.